The zero-order valence-corrected chi connectivity index (χ0v) is 15.9. The summed E-state index contributed by atoms with van der Waals surface area (Å²) in [6, 6.07) is 5.54. The summed E-state index contributed by atoms with van der Waals surface area (Å²) in [5.74, 6) is 1.99. The predicted molar refractivity (Wildman–Crippen MR) is 96.7 cm³/mol. The third-order valence-corrected chi connectivity index (χ3v) is 6.44. The predicted octanol–water partition coefficient (Wildman–Crippen LogP) is 2.33. The Morgan fingerprint density at radius 1 is 1.28 bits per heavy atom. The molecule has 0 N–H and O–H groups in total. The van der Waals surface area contributed by atoms with Crippen LogP contribution in [0.15, 0.2) is 30.6 Å². The first kappa shape index (κ1) is 18.0. The second-order valence-electron chi connectivity index (χ2n) is 6.79. The molecule has 1 aliphatic heterocycles. The van der Waals surface area contributed by atoms with Crippen molar-refractivity contribution >= 4 is 10.2 Å². The molecule has 1 atom stereocenters. The highest BCUT2D eigenvalue weighted by Gasteiger charge is 2.37. The van der Waals surface area contributed by atoms with E-state index in [0.717, 1.165) is 30.2 Å². The Balaban J connectivity index is 1.98. The monoisotopic (exact) mass is 363 g/mol. The van der Waals surface area contributed by atoms with E-state index in [-0.39, 0.29) is 12.0 Å². The molecule has 0 bridgehead atoms. The number of aromatic nitrogens is 3. The van der Waals surface area contributed by atoms with Gasteiger partial charge in [-0.25, -0.2) is 9.97 Å². The van der Waals surface area contributed by atoms with Gasteiger partial charge in [0.25, 0.3) is 10.2 Å². The van der Waals surface area contributed by atoms with Crippen molar-refractivity contribution in [1.29, 1.82) is 0 Å². The first-order valence-electron chi connectivity index (χ1n) is 8.52. The van der Waals surface area contributed by atoms with Crippen LogP contribution in [0.5, 0.6) is 0 Å². The Hall–Kier alpha value is -1.77. The topological polar surface area (TPSA) is 71.3 Å². The van der Waals surface area contributed by atoms with Crippen LogP contribution in [0.25, 0.3) is 5.82 Å². The number of nitrogens with zero attached hydrogens (tertiary/aromatic N) is 5. The number of pyridine rings is 1. The maximum Gasteiger partial charge on any atom is 0.282 e. The fourth-order valence-electron chi connectivity index (χ4n) is 3.22. The first-order chi connectivity index (χ1) is 11.8. The van der Waals surface area contributed by atoms with Crippen LogP contribution in [0.4, 0.5) is 0 Å². The minimum absolute atomic E-state index is 0.224. The van der Waals surface area contributed by atoms with Crippen molar-refractivity contribution in [3.63, 3.8) is 0 Å². The molecule has 3 rings (SSSR count). The van der Waals surface area contributed by atoms with Gasteiger partial charge in [-0.1, -0.05) is 19.9 Å². The second-order valence-corrected chi connectivity index (χ2v) is 8.88. The number of hydrogen-bond acceptors (Lipinski definition) is 4. The van der Waals surface area contributed by atoms with Crippen LogP contribution in [0.3, 0.4) is 0 Å². The van der Waals surface area contributed by atoms with E-state index in [4.69, 9.17) is 4.98 Å². The van der Waals surface area contributed by atoms with Crippen molar-refractivity contribution in [2.45, 2.75) is 38.6 Å². The van der Waals surface area contributed by atoms with Gasteiger partial charge in [-0.05, 0) is 25.0 Å². The van der Waals surface area contributed by atoms with Crippen LogP contribution in [0.1, 0.15) is 50.2 Å². The van der Waals surface area contributed by atoms with E-state index >= 15 is 0 Å². The Morgan fingerprint density at radius 2 is 2.04 bits per heavy atom. The maximum atomic E-state index is 12.6. The summed E-state index contributed by atoms with van der Waals surface area (Å²) in [7, 11) is -0.326. The van der Waals surface area contributed by atoms with Gasteiger partial charge in [0.1, 0.15) is 11.6 Å². The van der Waals surface area contributed by atoms with E-state index in [2.05, 4.69) is 18.8 Å². The van der Waals surface area contributed by atoms with Crippen LogP contribution >= 0.6 is 0 Å². The minimum atomic E-state index is -3.45. The largest absolute Gasteiger partial charge is 0.288 e. The molecule has 1 saturated heterocycles. The average Bonchev–Trinajstić information content (AvgIpc) is 3.24. The summed E-state index contributed by atoms with van der Waals surface area (Å²) in [6.45, 7) is 4.70. The van der Waals surface area contributed by atoms with Crippen LogP contribution in [-0.4, -0.2) is 52.2 Å². The molecule has 8 heteroatoms. The standard InChI is InChI=1S/C17H25N5O2S/c1-13(2)17-18-10-12-21(17)16-9-5-7-14(19-16)15-8-6-11-22(15)25(23,24)20(3)4/h5,7,9-10,12-13,15H,6,8,11H2,1-4H3/t15-/m0/s1. The average molecular weight is 363 g/mol. The van der Waals surface area contributed by atoms with E-state index in [1.54, 1.807) is 24.6 Å². The minimum Gasteiger partial charge on any atom is -0.288 e. The summed E-state index contributed by atoms with van der Waals surface area (Å²) in [5, 5.41) is 0. The third-order valence-electron chi connectivity index (χ3n) is 4.49. The van der Waals surface area contributed by atoms with Gasteiger partial charge < -0.3 is 0 Å². The molecule has 0 aromatic carbocycles. The van der Waals surface area contributed by atoms with Gasteiger partial charge >= 0.3 is 0 Å². The molecule has 136 valence electrons. The Bertz CT molecular complexity index is 844. The van der Waals surface area contributed by atoms with E-state index in [1.165, 1.54) is 4.31 Å². The van der Waals surface area contributed by atoms with Gasteiger partial charge in [0.15, 0.2) is 0 Å². The molecule has 0 unspecified atom stereocenters. The van der Waals surface area contributed by atoms with Crippen molar-refractivity contribution in [2.24, 2.45) is 0 Å². The SMILES string of the molecule is CC(C)c1nccn1-c1cccc([C@@H]2CCCN2S(=O)(=O)N(C)C)n1. The van der Waals surface area contributed by atoms with Crippen LogP contribution in [-0.2, 0) is 10.2 Å². The molecule has 0 spiro atoms. The van der Waals surface area contributed by atoms with Crippen LogP contribution in [0, 0.1) is 0 Å². The van der Waals surface area contributed by atoms with E-state index < -0.39 is 10.2 Å². The van der Waals surface area contributed by atoms with Gasteiger partial charge in [-0.3, -0.25) is 4.57 Å². The molecular formula is C17H25N5O2S. The molecule has 2 aromatic rings. The fraction of sp³-hybridized carbons (Fsp3) is 0.529. The molecule has 0 aliphatic carbocycles. The fourth-order valence-corrected chi connectivity index (χ4v) is 4.53. The number of imidazole rings is 1. The van der Waals surface area contributed by atoms with E-state index in [1.807, 2.05) is 29.0 Å². The van der Waals surface area contributed by atoms with E-state index in [0.29, 0.717) is 6.54 Å². The molecule has 2 aromatic heterocycles. The molecular weight excluding hydrogens is 338 g/mol. The molecule has 0 amide bonds. The number of hydrogen-bond donors (Lipinski definition) is 0. The Morgan fingerprint density at radius 3 is 2.72 bits per heavy atom. The Labute approximate surface area is 149 Å². The summed E-state index contributed by atoms with van der Waals surface area (Å²) in [4.78, 5) is 9.17. The highest BCUT2D eigenvalue weighted by Crippen LogP contribution is 2.34. The molecule has 25 heavy (non-hydrogen) atoms. The quantitative estimate of drug-likeness (QED) is 0.817. The van der Waals surface area contributed by atoms with Crippen molar-refractivity contribution in [1.82, 2.24) is 23.1 Å². The lowest BCUT2D eigenvalue weighted by molar-refractivity contribution is 0.358. The van der Waals surface area contributed by atoms with E-state index in [9.17, 15) is 8.42 Å². The lowest BCUT2D eigenvalue weighted by atomic mass is 10.1. The number of rotatable bonds is 5. The Kier molecular flexibility index (Phi) is 4.95. The molecule has 1 aliphatic rings. The van der Waals surface area contributed by atoms with Gasteiger partial charge in [0.2, 0.25) is 0 Å². The van der Waals surface area contributed by atoms with Gasteiger partial charge in [-0.15, -0.1) is 0 Å². The maximum absolute atomic E-state index is 12.6. The first-order valence-corrected chi connectivity index (χ1v) is 9.92. The molecule has 0 radical (unpaired) electrons. The summed E-state index contributed by atoms with van der Waals surface area (Å²) in [6.07, 6.45) is 5.28. The van der Waals surface area contributed by atoms with Crippen molar-refractivity contribution < 1.29 is 8.42 Å². The lowest BCUT2D eigenvalue weighted by Gasteiger charge is -2.26. The highest BCUT2D eigenvalue weighted by atomic mass is 32.2. The molecule has 1 fully saturated rings. The van der Waals surface area contributed by atoms with Crippen molar-refractivity contribution in [2.75, 3.05) is 20.6 Å². The summed E-state index contributed by atoms with van der Waals surface area (Å²) < 4.78 is 29.9. The van der Waals surface area contributed by atoms with Crippen LogP contribution < -0.4 is 0 Å². The molecule has 7 nitrogen and oxygen atoms in total. The second kappa shape index (κ2) is 6.86. The zero-order chi connectivity index (χ0) is 18.2. The zero-order valence-electron chi connectivity index (χ0n) is 15.1. The van der Waals surface area contributed by atoms with Crippen LogP contribution in [0.2, 0.25) is 0 Å². The van der Waals surface area contributed by atoms with Gasteiger partial charge in [0.05, 0.1) is 11.7 Å². The van der Waals surface area contributed by atoms with Gasteiger partial charge in [0, 0.05) is 39.0 Å². The third kappa shape index (κ3) is 3.33. The summed E-state index contributed by atoms with van der Waals surface area (Å²) >= 11 is 0. The normalized spacial score (nSPS) is 19.2. The lowest BCUT2D eigenvalue weighted by Crippen LogP contribution is -2.39. The molecule has 0 saturated carbocycles. The smallest absolute Gasteiger partial charge is 0.282 e. The van der Waals surface area contributed by atoms with Gasteiger partial charge in [-0.2, -0.15) is 17.0 Å². The molecule has 3 heterocycles. The highest BCUT2D eigenvalue weighted by molar-refractivity contribution is 7.86. The van der Waals surface area contributed by atoms with Crippen molar-refractivity contribution in [3.8, 4) is 5.82 Å². The summed E-state index contributed by atoms with van der Waals surface area (Å²) in [5.41, 5.74) is 0.781. The van der Waals surface area contributed by atoms with Crippen molar-refractivity contribution in [3.05, 3.63) is 42.1 Å².